The molecule has 3 N–H and O–H groups in total. The molecule has 2 atom stereocenters. The van der Waals surface area contributed by atoms with Crippen LogP contribution in [-0.2, 0) is 0 Å². The van der Waals surface area contributed by atoms with Crippen molar-refractivity contribution in [2.45, 2.75) is 44.5 Å². The van der Waals surface area contributed by atoms with E-state index in [1.165, 1.54) is 42.7 Å². The van der Waals surface area contributed by atoms with E-state index >= 15 is 0 Å². The van der Waals surface area contributed by atoms with Crippen molar-refractivity contribution in [3.8, 4) is 0 Å². The maximum absolute atomic E-state index is 5.84. The average molecular weight is 198 g/mol. The molecule has 0 bridgehead atoms. The minimum absolute atomic E-state index is 0.124. The van der Waals surface area contributed by atoms with Gasteiger partial charge in [-0.1, -0.05) is 25.1 Å². The van der Waals surface area contributed by atoms with Crippen molar-refractivity contribution >= 4 is 11.8 Å². The Morgan fingerprint density at radius 2 is 2.23 bits per heavy atom. The van der Waals surface area contributed by atoms with Crippen LogP contribution in [0.4, 0.5) is 0 Å². The van der Waals surface area contributed by atoms with Gasteiger partial charge in [-0.2, -0.15) is 0 Å². The van der Waals surface area contributed by atoms with Gasteiger partial charge in [0.1, 0.15) is 5.50 Å². The van der Waals surface area contributed by atoms with Crippen LogP contribution in [0.3, 0.4) is 0 Å². The zero-order valence-electron chi connectivity index (χ0n) is 8.18. The zero-order valence-corrected chi connectivity index (χ0v) is 8.99. The first-order valence-corrected chi connectivity index (χ1v) is 6.04. The Bertz CT molecular complexity index is 225. The third-order valence-electron chi connectivity index (χ3n) is 2.91. The van der Waals surface area contributed by atoms with Crippen molar-refractivity contribution in [3.63, 3.8) is 0 Å². The highest BCUT2D eigenvalue weighted by atomic mass is 32.2. The van der Waals surface area contributed by atoms with E-state index in [1.54, 1.807) is 0 Å². The first kappa shape index (κ1) is 9.41. The second-order valence-electron chi connectivity index (χ2n) is 4.12. The van der Waals surface area contributed by atoms with Crippen LogP contribution in [0.5, 0.6) is 0 Å². The van der Waals surface area contributed by atoms with Gasteiger partial charge in [-0.3, -0.25) is 0 Å². The number of thioether (sulfide) groups is 1. The molecule has 3 heteroatoms. The van der Waals surface area contributed by atoms with Crippen molar-refractivity contribution in [2.75, 3.05) is 0 Å². The van der Waals surface area contributed by atoms with E-state index < -0.39 is 0 Å². The summed E-state index contributed by atoms with van der Waals surface area (Å²) < 4.78 is 0. The number of hydrogen-bond acceptors (Lipinski definition) is 3. The summed E-state index contributed by atoms with van der Waals surface area (Å²) in [4.78, 5) is 1.53. The minimum atomic E-state index is 0.124. The lowest BCUT2D eigenvalue weighted by atomic mass is 9.94. The van der Waals surface area contributed by atoms with Crippen LogP contribution in [0.25, 0.3) is 0 Å². The molecule has 1 aliphatic heterocycles. The average Bonchev–Trinajstić information content (AvgIpc) is 2.40. The first-order valence-electron chi connectivity index (χ1n) is 5.16. The van der Waals surface area contributed by atoms with E-state index in [-0.39, 0.29) is 5.50 Å². The third-order valence-corrected chi connectivity index (χ3v) is 4.02. The predicted octanol–water partition coefficient (Wildman–Crippen LogP) is 2.38. The van der Waals surface area contributed by atoms with Crippen molar-refractivity contribution < 1.29 is 0 Å². The number of nitrogens with two attached hydrogens (primary N) is 1. The van der Waals surface area contributed by atoms with Crippen LogP contribution in [0.15, 0.2) is 10.6 Å². The van der Waals surface area contributed by atoms with Gasteiger partial charge in [0.2, 0.25) is 0 Å². The largest absolute Gasteiger partial charge is 0.364 e. The molecule has 74 valence electrons. The first-order chi connectivity index (χ1) is 6.25. The summed E-state index contributed by atoms with van der Waals surface area (Å²) in [5.41, 5.74) is 7.40. The summed E-state index contributed by atoms with van der Waals surface area (Å²) >= 11 is 1.82. The highest BCUT2D eigenvalue weighted by Crippen LogP contribution is 2.36. The maximum atomic E-state index is 5.84. The molecule has 1 unspecified atom stereocenters. The summed E-state index contributed by atoms with van der Waals surface area (Å²) in [6.07, 6.45) is 6.48. The molecule has 2 rings (SSSR count). The van der Waals surface area contributed by atoms with Crippen LogP contribution in [0.2, 0.25) is 0 Å². The van der Waals surface area contributed by atoms with Gasteiger partial charge in [0.05, 0.1) is 0 Å². The molecule has 0 aromatic carbocycles. The predicted molar refractivity (Wildman–Crippen MR) is 58.0 cm³/mol. The highest BCUT2D eigenvalue weighted by molar-refractivity contribution is 8.03. The van der Waals surface area contributed by atoms with Crippen LogP contribution >= 0.6 is 11.8 Å². The summed E-state index contributed by atoms with van der Waals surface area (Å²) in [6.45, 7) is 2.35. The van der Waals surface area contributed by atoms with Crippen molar-refractivity contribution in [1.29, 1.82) is 0 Å². The lowest BCUT2D eigenvalue weighted by molar-refractivity contribution is 0.458. The number of nitrogens with one attached hydrogen (secondary N) is 1. The van der Waals surface area contributed by atoms with Crippen molar-refractivity contribution in [3.05, 3.63) is 10.6 Å². The van der Waals surface area contributed by atoms with Gasteiger partial charge in [0, 0.05) is 10.6 Å². The number of hydrogen-bond donors (Lipinski definition) is 2. The topological polar surface area (TPSA) is 38.0 Å². The Morgan fingerprint density at radius 3 is 3.08 bits per heavy atom. The highest BCUT2D eigenvalue weighted by Gasteiger charge is 2.22. The number of rotatable bonds is 0. The Hall–Kier alpha value is -0.150. The molecule has 2 aliphatic rings. The minimum Gasteiger partial charge on any atom is -0.364 e. The molecule has 1 aliphatic carbocycles. The molecule has 0 saturated carbocycles. The van der Waals surface area contributed by atoms with E-state index in [0.717, 1.165) is 5.92 Å². The molecule has 0 aromatic rings. The van der Waals surface area contributed by atoms with E-state index in [1.807, 2.05) is 11.8 Å². The third kappa shape index (κ3) is 2.20. The lowest BCUT2D eigenvalue weighted by Crippen LogP contribution is -2.29. The van der Waals surface area contributed by atoms with E-state index in [2.05, 4.69) is 12.2 Å². The smallest absolute Gasteiger partial charge is 0.127 e. The molecule has 0 saturated heterocycles. The van der Waals surface area contributed by atoms with Gasteiger partial charge in [-0.25, -0.2) is 0 Å². The van der Waals surface area contributed by atoms with E-state index in [9.17, 15) is 0 Å². The van der Waals surface area contributed by atoms with E-state index in [0.29, 0.717) is 0 Å². The summed E-state index contributed by atoms with van der Waals surface area (Å²) in [5.74, 6) is 0.887. The van der Waals surface area contributed by atoms with Crippen LogP contribution < -0.4 is 11.1 Å². The normalized spacial score (nSPS) is 34.9. The summed E-state index contributed by atoms with van der Waals surface area (Å²) in [5, 5.41) is 3.36. The Kier molecular flexibility index (Phi) is 2.84. The molecule has 1 heterocycles. The van der Waals surface area contributed by atoms with Crippen LogP contribution in [0, 0.1) is 5.92 Å². The molecular weight excluding hydrogens is 180 g/mol. The molecule has 0 radical (unpaired) electrons. The Balaban J connectivity index is 2.03. The molecule has 2 nitrogen and oxygen atoms in total. The van der Waals surface area contributed by atoms with Gasteiger partial charge < -0.3 is 11.1 Å². The SMILES string of the molecule is C[C@H]1CCCC2=C(CC1)NC(N)S2. The Morgan fingerprint density at radius 1 is 1.38 bits per heavy atom. The lowest BCUT2D eigenvalue weighted by Gasteiger charge is -2.16. The molecule has 0 spiro atoms. The van der Waals surface area contributed by atoms with Gasteiger partial charge >= 0.3 is 0 Å². The molecule has 0 aromatic heterocycles. The molecule has 0 amide bonds. The van der Waals surface area contributed by atoms with Crippen molar-refractivity contribution in [2.24, 2.45) is 11.7 Å². The fourth-order valence-corrected chi connectivity index (χ4v) is 3.15. The Labute approximate surface area is 84.3 Å². The summed E-state index contributed by atoms with van der Waals surface area (Å²) in [7, 11) is 0. The quantitative estimate of drug-likeness (QED) is 0.627. The second-order valence-corrected chi connectivity index (χ2v) is 5.36. The molecular formula is C10H18N2S. The van der Waals surface area contributed by atoms with Gasteiger partial charge in [-0.15, -0.1) is 0 Å². The second kappa shape index (κ2) is 3.93. The van der Waals surface area contributed by atoms with E-state index in [4.69, 9.17) is 5.73 Å². The van der Waals surface area contributed by atoms with Gasteiger partial charge in [-0.05, 0) is 31.6 Å². The van der Waals surface area contributed by atoms with Crippen LogP contribution in [0.1, 0.15) is 39.0 Å². The monoisotopic (exact) mass is 198 g/mol. The zero-order chi connectivity index (χ0) is 9.26. The van der Waals surface area contributed by atoms with Crippen LogP contribution in [-0.4, -0.2) is 5.50 Å². The maximum Gasteiger partial charge on any atom is 0.127 e. The standard InChI is InChI=1S/C10H18N2S/c1-7-3-2-4-9-8(6-5-7)12-10(11)13-9/h7,10,12H,2-6,11H2,1H3/t7-,10?/m0/s1. The molecule has 13 heavy (non-hydrogen) atoms. The van der Waals surface area contributed by atoms with Crippen molar-refractivity contribution in [1.82, 2.24) is 5.32 Å². The summed E-state index contributed by atoms with van der Waals surface area (Å²) in [6, 6.07) is 0. The number of allylic oxidation sites excluding steroid dienone is 2. The fraction of sp³-hybridized carbons (Fsp3) is 0.800. The molecule has 0 fully saturated rings. The van der Waals surface area contributed by atoms with Gasteiger partial charge in [0.15, 0.2) is 0 Å². The van der Waals surface area contributed by atoms with Gasteiger partial charge in [0.25, 0.3) is 0 Å². The fourth-order valence-electron chi connectivity index (χ4n) is 2.07.